The average Bonchev–Trinajstić information content (AvgIpc) is 3.39. The van der Waals surface area contributed by atoms with Gasteiger partial charge in [-0.05, 0) is 37.0 Å². The molecule has 2 aliphatic rings. The fraction of sp³-hybridized carbons (Fsp3) is 0.464. The predicted octanol–water partition coefficient (Wildman–Crippen LogP) is 3.84. The highest BCUT2D eigenvalue weighted by molar-refractivity contribution is 5.95. The number of amides is 1. The number of esters is 1. The van der Waals surface area contributed by atoms with Gasteiger partial charge in [-0.25, -0.2) is 4.68 Å². The van der Waals surface area contributed by atoms with E-state index in [2.05, 4.69) is 20.2 Å². The topological polar surface area (TPSA) is 119 Å². The number of nitrogens with two attached hydrogens (primary N) is 1. The van der Waals surface area contributed by atoms with Gasteiger partial charge >= 0.3 is 5.97 Å². The molecule has 0 unspecified atom stereocenters. The zero-order valence-corrected chi connectivity index (χ0v) is 22.0. The number of rotatable bonds is 7. The van der Waals surface area contributed by atoms with Gasteiger partial charge in [-0.2, -0.15) is 5.10 Å². The first-order valence-electron chi connectivity index (χ1n) is 13.4. The fourth-order valence-corrected chi connectivity index (χ4v) is 5.28. The molecule has 1 aliphatic carbocycles. The van der Waals surface area contributed by atoms with E-state index < -0.39 is 0 Å². The van der Waals surface area contributed by atoms with Gasteiger partial charge in [0.1, 0.15) is 11.4 Å². The fourth-order valence-electron chi connectivity index (χ4n) is 5.28. The molecule has 0 bridgehead atoms. The van der Waals surface area contributed by atoms with E-state index in [0.29, 0.717) is 48.2 Å². The Morgan fingerprint density at radius 1 is 1.13 bits per heavy atom. The van der Waals surface area contributed by atoms with Crippen LogP contribution in [0.25, 0.3) is 16.9 Å². The maximum Gasteiger partial charge on any atom is 0.311 e. The molecule has 1 aliphatic heterocycles. The first kappa shape index (κ1) is 25.8. The standard InChI is InChI=1S/C28H35N7O3/c1-19(2)14-27(37)38-25-11-7-6-10-22(25)23-15-24(28(29)32-31-23)35-17-21(16-30-35)34-13-12-33(18-26(34)36)20-8-4-3-5-9-20/h6-7,10-11,15-17,19-20H,3-5,8-9,12-14,18H2,1-2H3,(H2,29,32). The molecule has 3 heterocycles. The third kappa shape index (κ3) is 5.70. The van der Waals surface area contributed by atoms with Gasteiger partial charge in [-0.1, -0.05) is 45.2 Å². The Balaban J connectivity index is 1.35. The number of aromatic nitrogens is 4. The first-order valence-corrected chi connectivity index (χ1v) is 13.4. The van der Waals surface area contributed by atoms with Gasteiger partial charge in [0, 0.05) is 31.1 Å². The van der Waals surface area contributed by atoms with Crippen LogP contribution in [0, 0.1) is 5.92 Å². The van der Waals surface area contributed by atoms with E-state index >= 15 is 0 Å². The largest absolute Gasteiger partial charge is 0.426 e. The smallest absolute Gasteiger partial charge is 0.311 e. The van der Waals surface area contributed by atoms with Crippen molar-refractivity contribution in [1.29, 1.82) is 0 Å². The maximum atomic E-state index is 13.1. The molecule has 3 aromatic rings. The van der Waals surface area contributed by atoms with Crippen molar-refractivity contribution in [1.82, 2.24) is 24.9 Å². The van der Waals surface area contributed by atoms with Crippen molar-refractivity contribution < 1.29 is 14.3 Å². The highest BCUT2D eigenvalue weighted by Crippen LogP contribution is 2.31. The van der Waals surface area contributed by atoms with E-state index in [4.69, 9.17) is 10.5 Å². The van der Waals surface area contributed by atoms with Gasteiger partial charge in [0.2, 0.25) is 5.91 Å². The highest BCUT2D eigenvalue weighted by Gasteiger charge is 2.31. The van der Waals surface area contributed by atoms with Crippen LogP contribution in [0.1, 0.15) is 52.4 Å². The Kier molecular flexibility index (Phi) is 7.69. The van der Waals surface area contributed by atoms with Crippen molar-refractivity contribution in [3.05, 3.63) is 42.7 Å². The number of hydrogen-bond acceptors (Lipinski definition) is 8. The molecule has 1 saturated heterocycles. The van der Waals surface area contributed by atoms with Crippen molar-refractivity contribution >= 4 is 23.4 Å². The van der Waals surface area contributed by atoms with Crippen LogP contribution in [-0.4, -0.2) is 62.4 Å². The van der Waals surface area contributed by atoms with E-state index in [-0.39, 0.29) is 23.6 Å². The zero-order chi connectivity index (χ0) is 26.6. The Bertz CT molecular complexity index is 1300. The molecule has 5 rings (SSSR count). The Morgan fingerprint density at radius 2 is 1.92 bits per heavy atom. The molecule has 0 atom stereocenters. The summed E-state index contributed by atoms with van der Waals surface area (Å²) in [5, 5.41) is 12.9. The highest BCUT2D eigenvalue weighted by atomic mass is 16.5. The quantitative estimate of drug-likeness (QED) is 0.371. The molecule has 38 heavy (non-hydrogen) atoms. The summed E-state index contributed by atoms with van der Waals surface area (Å²) in [6.07, 6.45) is 9.95. The molecule has 2 aromatic heterocycles. The van der Waals surface area contributed by atoms with Crippen LogP contribution < -0.4 is 15.4 Å². The van der Waals surface area contributed by atoms with E-state index in [9.17, 15) is 9.59 Å². The Labute approximate surface area is 222 Å². The Hall–Kier alpha value is -3.79. The van der Waals surface area contributed by atoms with Crippen molar-refractivity contribution in [3.63, 3.8) is 0 Å². The molecule has 2 N–H and O–H groups in total. The number of nitrogen functional groups attached to an aromatic ring is 1. The van der Waals surface area contributed by atoms with Crippen molar-refractivity contribution in [2.45, 2.75) is 58.4 Å². The molecule has 1 amide bonds. The van der Waals surface area contributed by atoms with Crippen molar-refractivity contribution in [2.24, 2.45) is 5.92 Å². The average molecular weight is 518 g/mol. The van der Waals surface area contributed by atoms with Gasteiger partial charge in [0.25, 0.3) is 0 Å². The molecular formula is C28H35N7O3. The summed E-state index contributed by atoms with van der Waals surface area (Å²) in [6.45, 7) is 5.86. The lowest BCUT2D eigenvalue weighted by molar-refractivity contribution is -0.135. The van der Waals surface area contributed by atoms with Crippen LogP contribution in [0.5, 0.6) is 5.75 Å². The summed E-state index contributed by atoms with van der Waals surface area (Å²) in [4.78, 5) is 29.5. The summed E-state index contributed by atoms with van der Waals surface area (Å²) in [7, 11) is 0. The lowest BCUT2D eigenvalue weighted by Crippen LogP contribution is -2.54. The van der Waals surface area contributed by atoms with Gasteiger partial charge in [-0.15, -0.1) is 10.2 Å². The number of ether oxygens (including phenoxy) is 1. The van der Waals surface area contributed by atoms with Gasteiger partial charge in [0.05, 0.1) is 30.3 Å². The molecule has 1 saturated carbocycles. The monoisotopic (exact) mass is 517 g/mol. The second-order valence-corrected chi connectivity index (χ2v) is 10.5. The third-order valence-corrected chi connectivity index (χ3v) is 7.23. The van der Waals surface area contributed by atoms with Gasteiger partial charge < -0.3 is 15.4 Å². The number of piperazine rings is 1. The third-order valence-electron chi connectivity index (χ3n) is 7.23. The molecule has 2 fully saturated rings. The lowest BCUT2D eigenvalue weighted by Gasteiger charge is -2.39. The molecule has 200 valence electrons. The SMILES string of the molecule is CC(C)CC(=O)Oc1ccccc1-c1cc(-n2cc(N3CCN(C4CCCCC4)CC3=O)cn2)c(N)nn1. The minimum absolute atomic E-state index is 0.0834. The van der Waals surface area contributed by atoms with Crippen molar-refractivity contribution in [3.8, 4) is 22.7 Å². The van der Waals surface area contributed by atoms with Crippen LogP contribution in [0.3, 0.4) is 0 Å². The summed E-state index contributed by atoms with van der Waals surface area (Å²) in [5.74, 6) is 0.576. The molecule has 10 nitrogen and oxygen atoms in total. The zero-order valence-electron chi connectivity index (χ0n) is 22.0. The van der Waals surface area contributed by atoms with E-state index in [1.54, 1.807) is 40.2 Å². The lowest BCUT2D eigenvalue weighted by atomic mass is 9.94. The van der Waals surface area contributed by atoms with Crippen LogP contribution in [0.15, 0.2) is 42.7 Å². The number of anilines is 2. The van der Waals surface area contributed by atoms with Gasteiger partial charge in [-0.3, -0.25) is 14.5 Å². The van der Waals surface area contributed by atoms with Crippen LogP contribution in [-0.2, 0) is 9.59 Å². The summed E-state index contributed by atoms with van der Waals surface area (Å²) >= 11 is 0. The van der Waals surface area contributed by atoms with Crippen LogP contribution in [0.2, 0.25) is 0 Å². The van der Waals surface area contributed by atoms with E-state index in [1.165, 1.54) is 32.1 Å². The molecule has 1 aromatic carbocycles. The number of benzene rings is 1. The first-order chi connectivity index (χ1) is 18.4. The Morgan fingerprint density at radius 3 is 2.68 bits per heavy atom. The summed E-state index contributed by atoms with van der Waals surface area (Å²) < 4.78 is 7.23. The number of nitrogens with zero attached hydrogens (tertiary/aromatic N) is 6. The van der Waals surface area contributed by atoms with E-state index in [0.717, 1.165) is 12.2 Å². The minimum atomic E-state index is -0.305. The molecule has 0 radical (unpaired) electrons. The van der Waals surface area contributed by atoms with Gasteiger partial charge in [0.15, 0.2) is 5.82 Å². The molecule has 10 heteroatoms. The molecular weight excluding hydrogens is 482 g/mol. The number of carbonyl (C=O) groups is 2. The number of para-hydroxylation sites is 1. The predicted molar refractivity (Wildman–Crippen MR) is 145 cm³/mol. The second kappa shape index (κ2) is 11.3. The van der Waals surface area contributed by atoms with Crippen molar-refractivity contribution in [2.75, 3.05) is 30.3 Å². The second-order valence-electron chi connectivity index (χ2n) is 10.5. The number of carbonyl (C=O) groups excluding carboxylic acids is 2. The van der Waals surface area contributed by atoms with Crippen LogP contribution in [0.4, 0.5) is 11.5 Å². The van der Waals surface area contributed by atoms with Crippen LogP contribution >= 0.6 is 0 Å². The summed E-state index contributed by atoms with van der Waals surface area (Å²) in [5.41, 5.74) is 8.55. The normalized spacial score (nSPS) is 17.2. The van der Waals surface area contributed by atoms with E-state index in [1.807, 2.05) is 26.0 Å². The number of hydrogen-bond donors (Lipinski definition) is 1. The molecule has 0 spiro atoms. The minimum Gasteiger partial charge on any atom is -0.426 e. The summed E-state index contributed by atoms with van der Waals surface area (Å²) in [6, 6.07) is 9.48. The maximum absolute atomic E-state index is 13.1.